The fourth-order valence-corrected chi connectivity index (χ4v) is 4.69. The summed E-state index contributed by atoms with van der Waals surface area (Å²) in [6.07, 6.45) is 1.69. The highest BCUT2D eigenvalue weighted by Gasteiger charge is 2.30. The van der Waals surface area contributed by atoms with E-state index in [1.54, 1.807) is 0 Å². The molecule has 0 spiro atoms. The van der Waals surface area contributed by atoms with Gasteiger partial charge < -0.3 is 14.4 Å². The molecule has 1 fully saturated rings. The van der Waals surface area contributed by atoms with Gasteiger partial charge in [-0.2, -0.15) is 4.31 Å². The number of rotatable bonds is 9. The van der Waals surface area contributed by atoms with Crippen LogP contribution in [-0.4, -0.2) is 68.3 Å². The zero-order chi connectivity index (χ0) is 24.0. The summed E-state index contributed by atoms with van der Waals surface area (Å²) < 4.78 is 38.0. The van der Waals surface area contributed by atoms with Gasteiger partial charge in [0.1, 0.15) is 5.75 Å². The third-order valence-electron chi connectivity index (χ3n) is 5.28. The summed E-state index contributed by atoms with van der Waals surface area (Å²) in [6.45, 7) is 4.14. The Morgan fingerprint density at radius 2 is 1.76 bits per heavy atom. The van der Waals surface area contributed by atoms with Gasteiger partial charge in [0.2, 0.25) is 15.8 Å². The second-order valence-electron chi connectivity index (χ2n) is 7.71. The molecule has 178 valence electrons. The van der Waals surface area contributed by atoms with E-state index in [-0.39, 0.29) is 16.4 Å². The van der Waals surface area contributed by atoms with Crippen molar-refractivity contribution < 1.29 is 27.6 Å². The van der Waals surface area contributed by atoms with Crippen molar-refractivity contribution in [2.75, 3.05) is 39.8 Å². The molecule has 0 saturated carbocycles. The minimum atomic E-state index is -3.86. The third kappa shape index (κ3) is 6.06. The van der Waals surface area contributed by atoms with Gasteiger partial charge >= 0.3 is 11.7 Å². The van der Waals surface area contributed by atoms with Crippen LogP contribution in [0.4, 0.5) is 5.69 Å². The van der Waals surface area contributed by atoms with Crippen LogP contribution in [0.1, 0.15) is 30.1 Å². The molecule has 11 heteroatoms. The van der Waals surface area contributed by atoms with Crippen molar-refractivity contribution in [2.45, 2.75) is 24.7 Å². The number of likely N-dealkylation sites (N-methyl/N-ethyl adjacent to an activating group) is 1. The molecule has 0 amide bonds. The maximum atomic E-state index is 12.9. The zero-order valence-corrected chi connectivity index (χ0v) is 19.4. The van der Waals surface area contributed by atoms with Crippen molar-refractivity contribution in [3.8, 4) is 11.5 Å². The van der Waals surface area contributed by atoms with Crippen LogP contribution >= 0.6 is 0 Å². The molecule has 1 saturated heterocycles. The number of nitro groups is 1. The minimum Gasteiger partial charge on any atom is -0.462 e. The van der Waals surface area contributed by atoms with Crippen LogP contribution in [0.25, 0.3) is 0 Å². The van der Waals surface area contributed by atoms with Gasteiger partial charge in [-0.05, 0) is 49.9 Å². The normalized spacial score (nSPS) is 15.2. The number of hydrogen-bond acceptors (Lipinski definition) is 8. The number of sulfonamides is 1. The number of esters is 1. The first-order chi connectivity index (χ1) is 15.7. The molecule has 2 aromatic carbocycles. The molecule has 0 aliphatic carbocycles. The van der Waals surface area contributed by atoms with Gasteiger partial charge in [0, 0.05) is 32.2 Å². The van der Waals surface area contributed by atoms with E-state index >= 15 is 0 Å². The van der Waals surface area contributed by atoms with Crippen molar-refractivity contribution in [1.82, 2.24) is 9.21 Å². The molecule has 10 nitrogen and oxygen atoms in total. The largest absolute Gasteiger partial charge is 0.462 e. The number of unbranched alkanes of at least 4 members (excludes halogenated alkanes) is 1. The lowest BCUT2D eigenvalue weighted by Gasteiger charge is -2.31. The van der Waals surface area contributed by atoms with Crippen molar-refractivity contribution in [3.05, 3.63) is 58.1 Å². The van der Waals surface area contributed by atoms with Crippen molar-refractivity contribution >= 4 is 21.7 Å². The van der Waals surface area contributed by atoms with Gasteiger partial charge in [-0.1, -0.05) is 13.3 Å². The Balaban J connectivity index is 1.77. The smallest absolute Gasteiger partial charge is 0.338 e. The van der Waals surface area contributed by atoms with Crippen LogP contribution in [0.3, 0.4) is 0 Å². The van der Waals surface area contributed by atoms with E-state index in [0.29, 0.717) is 38.3 Å². The average molecular weight is 478 g/mol. The number of benzene rings is 2. The number of hydrogen-bond donors (Lipinski definition) is 0. The number of nitro benzene ring substituents is 1. The minimum absolute atomic E-state index is 0.101. The number of carbonyl (C=O) groups is 1. The summed E-state index contributed by atoms with van der Waals surface area (Å²) in [5, 5.41) is 11.6. The van der Waals surface area contributed by atoms with Crippen LogP contribution in [-0.2, 0) is 14.8 Å². The molecule has 0 bridgehead atoms. The molecule has 1 aliphatic heterocycles. The average Bonchev–Trinajstić information content (AvgIpc) is 2.80. The van der Waals surface area contributed by atoms with Gasteiger partial charge in [0.05, 0.1) is 22.0 Å². The molecule has 33 heavy (non-hydrogen) atoms. The number of carbonyl (C=O) groups excluding carboxylic acids is 1. The van der Waals surface area contributed by atoms with E-state index in [9.17, 15) is 23.3 Å². The lowest BCUT2D eigenvalue weighted by molar-refractivity contribution is -0.385. The first-order valence-corrected chi connectivity index (χ1v) is 12.1. The molecule has 0 atom stereocenters. The summed E-state index contributed by atoms with van der Waals surface area (Å²) >= 11 is 0. The standard InChI is InChI=1S/C22H27N3O7S/c1-3-4-15-31-22(26)17-5-7-18(8-6-17)32-21-10-9-19(16-20(21)25(27)28)33(29,30)24-13-11-23(2)12-14-24/h5-10,16H,3-4,11-15H2,1-2H3. The van der Waals surface area contributed by atoms with Crippen LogP contribution < -0.4 is 4.74 Å². The fourth-order valence-electron chi connectivity index (χ4n) is 3.24. The van der Waals surface area contributed by atoms with E-state index in [2.05, 4.69) is 0 Å². The van der Waals surface area contributed by atoms with E-state index in [1.165, 1.54) is 40.7 Å². The van der Waals surface area contributed by atoms with Gasteiger partial charge in [-0.15, -0.1) is 0 Å². The second-order valence-corrected chi connectivity index (χ2v) is 9.65. The molecule has 0 unspecified atom stereocenters. The Bertz CT molecular complexity index is 1100. The summed E-state index contributed by atoms with van der Waals surface area (Å²) in [5.74, 6) is -0.298. The van der Waals surface area contributed by atoms with Crippen molar-refractivity contribution in [1.29, 1.82) is 0 Å². The predicted molar refractivity (Wildman–Crippen MR) is 121 cm³/mol. The number of nitrogens with zero attached hydrogens (tertiary/aromatic N) is 3. The van der Waals surface area contributed by atoms with Crippen LogP contribution in [0.2, 0.25) is 0 Å². The second kappa shape index (κ2) is 10.7. The highest BCUT2D eigenvalue weighted by atomic mass is 32.2. The van der Waals surface area contributed by atoms with Crippen LogP contribution in [0, 0.1) is 10.1 Å². The molecule has 0 radical (unpaired) electrons. The van der Waals surface area contributed by atoms with E-state index < -0.39 is 26.6 Å². The van der Waals surface area contributed by atoms with Crippen molar-refractivity contribution in [3.63, 3.8) is 0 Å². The number of piperazine rings is 1. The Hall–Kier alpha value is -3.02. The molecular weight excluding hydrogens is 450 g/mol. The van der Waals surface area contributed by atoms with Gasteiger partial charge in [-0.25, -0.2) is 13.2 Å². The summed E-state index contributed by atoms with van der Waals surface area (Å²) in [6, 6.07) is 9.58. The number of ether oxygens (including phenoxy) is 2. The highest BCUT2D eigenvalue weighted by molar-refractivity contribution is 7.89. The van der Waals surface area contributed by atoms with Crippen molar-refractivity contribution in [2.24, 2.45) is 0 Å². The maximum absolute atomic E-state index is 12.9. The molecule has 0 aromatic heterocycles. The van der Waals surface area contributed by atoms with Crippen LogP contribution in [0.5, 0.6) is 11.5 Å². The first kappa shape index (κ1) is 24.6. The molecule has 3 rings (SSSR count). The maximum Gasteiger partial charge on any atom is 0.338 e. The third-order valence-corrected chi connectivity index (χ3v) is 7.17. The SMILES string of the molecule is CCCCOC(=O)c1ccc(Oc2ccc(S(=O)(=O)N3CCN(C)CC3)cc2[N+](=O)[O-])cc1. The summed E-state index contributed by atoms with van der Waals surface area (Å²) in [5.41, 5.74) is -0.130. The lowest BCUT2D eigenvalue weighted by atomic mass is 10.2. The zero-order valence-electron chi connectivity index (χ0n) is 18.6. The Morgan fingerprint density at radius 3 is 2.36 bits per heavy atom. The fraction of sp³-hybridized carbons (Fsp3) is 0.409. The molecule has 1 aliphatic rings. The van der Waals surface area contributed by atoms with E-state index in [0.717, 1.165) is 18.9 Å². The Morgan fingerprint density at radius 1 is 1.09 bits per heavy atom. The molecule has 0 N–H and O–H groups in total. The lowest BCUT2D eigenvalue weighted by Crippen LogP contribution is -2.47. The highest BCUT2D eigenvalue weighted by Crippen LogP contribution is 2.34. The molecule has 2 aromatic rings. The first-order valence-electron chi connectivity index (χ1n) is 10.6. The Kier molecular flexibility index (Phi) is 8.01. The van der Waals surface area contributed by atoms with Gasteiger partial charge in [-0.3, -0.25) is 10.1 Å². The topological polar surface area (TPSA) is 119 Å². The monoisotopic (exact) mass is 477 g/mol. The van der Waals surface area contributed by atoms with E-state index in [4.69, 9.17) is 9.47 Å². The quantitative estimate of drug-likeness (QED) is 0.234. The van der Waals surface area contributed by atoms with Crippen LogP contribution in [0.15, 0.2) is 47.4 Å². The van der Waals surface area contributed by atoms with Gasteiger partial charge in [0.25, 0.3) is 0 Å². The molecular formula is C22H27N3O7S. The summed E-state index contributed by atoms with van der Waals surface area (Å²) in [4.78, 5) is 24.8. The van der Waals surface area contributed by atoms with Gasteiger partial charge in [0.15, 0.2) is 0 Å². The summed E-state index contributed by atoms with van der Waals surface area (Å²) in [7, 11) is -1.96. The molecule has 1 heterocycles. The Labute approximate surface area is 192 Å². The predicted octanol–water partition coefficient (Wildman–Crippen LogP) is 3.28. The van der Waals surface area contributed by atoms with E-state index in [1.807, 2.05) is 18.9 Å².